The van der Waals surface area contributed by atoms with Crippen LogP contribution in [-0.4, -0.2) is 27.3 Å². The van der Waals surface area contributed by atoms with E-state index in [4.69, 9.17) is 10.5 Å². The van der Waals surface area contributed by atoms with Crippen LogP contribution in [0, 0.1) is 0 Å². The predicted octanol–water partition coefficient (Wildman–Crippen LogP) is 1.21. The van der Waals surface area contributed by atoms with Crippen molar-refractivity contribution in [3.05, 3.63) is 24.3 Å². The highest BCUT2D eigenvalue weighted by Crippen LogP contribution is 2.27. The molecular formula is C11H17NO3S. The molecule has 1 atom stereocenters. The molecule has 16 heavy (non-hydrogen) atoms. The summed E-state index contributed by atoms with van der Waals surface area (Å²) in [6.45, 7) is 1.93. The van der Waals surface area contributed by atoms with Crippen LogP contribution in [0.15, 0.2) is 29.2 Å². The Hall–Kier alpha value is -1.07. The molecule has 1 unspecified atom stereocenters. The first-order valence-electron chi connectivity index (χ1n) is 5.14. The number of hydrogen-bond acceptors (Lipinski definition) is 4. The average Bonchev–Trinajstić information content (AvgIpc) is 2.30. The predicted molar refractivity (Wildman–Crippen MR) is 63.3 cm³/mol. The van der Waals surface area contributed by atoms with Crippen molar-refractivity contribution in [1.29, 1.82) is 0 Å². The van der Waals surface area contributed by atoms with Gasteiger partial charge in [0.1, 0.15) is 10.6 Å². The van der Waals surface area contributed by atoms with Crippen LogP contribution in [0.2, 0.25) is 0 Å². The average molecular weight is 243 g/mol. The van der Waals surface area contributed by atoms with Gasteiger partial charge in [-0.25, -0.2) is 8.42 Å². The Bertz CT molecular complexity index is 438. The molecule has 1 aromatic carbocycles. The van der Waals surface area contributed by atoms with Gasteiger partial charge in [0.05, 0.1) is 12.4 Å². The van der Waals surface area contributed by atoms with Gasteiger partial charge in [-0.1, -0.05) is 19.1 Å². The minimum absolute atomic E-state index is 0.122. The molecule has 0 fully saturated rings. The molecule has 0 bridgehead atoms. The zero-order valence-corrected chi connectivity index (χ0v) is 10.3. The van der Waals surface area contributed by atoms with E-state index < -0.39 is 15.1 Å². The Morgan fingerprint density at radius 1 is 1.38 bits per heavy atom. The number of hydrogen-bond donors (Lipinski definition) is 1. The van der Waals surface area contributed by atoms with Gasteiger partial charge in [0.25, 0.3) is 0 Å². The summed E-state index contributed by atoms with van der Waals surface area (Å²) in [6, 6.07) is 6.60. The van der Waals surface area contributed by atoms with E-state index in [1.807, 2.05) is 6.92 Å². The first kappa shape index (κ1) is 13.0. The Balaban J connectivity index is 3.26. The topological polar surface area (TPSA) is 69.4 Å². The molecule has 1 aromatic rings. The Kier molecular flexibility index (Phi) is 4.32. The quantitative estimate of drug-likeness (QED) is 0.843. The molecular weight excluding hydrogens is 226 g/mol. The van der Waals surface area contributed by atoms with Crippen LogP contribution in [0.25, 0.3) is 0 Å². The fraction of sp³-hybridized carbons (Fsp3) is 0.455. The number of para-hydroxylation sites is 1. The highest BCUT2D eigenvalue weighted by molar-refractivity contribution is 7.92. The van der Waals surface area contributed by atoms with Gasteiger partial charge in [0.2, 0.25) is 0 Å². The van der Waals surface area contributed by atoms with E-state index in [9.17, 15) is 8.42 Å². The zero-order valence-electron chi connectivity index (χ0n) is 9.51. The summed E-state index contributed by atoms with van der Waals surface area (Å²) in [4.78, 5) is 0.217. The van der Waals surface area contributed by atoms with Gasteiger partial charge in [0, 0.05) is 6.54 Å². The number of sulfone groups is 1. The summed E-state index contributed by atoms with van der Waals surface area (Å²) in [5.74, 6) is 0.370. The second kappa shape index (κ2) is 5.32. The normalized spacial score (nSPS) is 13.4. The molecule has 0 radical (unpaired) electrons. The minimum atomic E-state index is -3.39. The highest BCUT2D eigenvalue weighted by Gasteiger charge is 2.27. The van der Waals surface area contributed by atoms with Gasteiger partial charge in [-0.05, 0) is 18.6 Å². The molecule has 1 rings (SSSR count). The molecule has 0 aliphatic heterocycles. The smallest absolute Gasteiger partial charge is 0.186 e. The monoisotopic (exact) mass is 243 g/mol. The third-order valence-corrected chi connectivity index (χ3v) is 4.89. The SMILES string of the molecule is CCC(CN)S(=O)(=O)c1ccccc1OC. The standard InChI is InChI=1S/C11H17NO3S/c1-3-9(8-12)16(13,14)11-7-5-4-6-10(11)15-2/h4-7,9H,3,8,12H2,1-2H3. The van der Waals surface area contributed by atoms with E-state index >= 15 is 0 Å². The van der Waals surface area contributed by atoms with Crippen molar-refractivity contribution in [3.8, 4) is 5.75 Å². The van der Waals surface area contributed by atoms with Crippen LogP contribution in [0.1, 0.15) is 13.3 Å². The third-order valence-electron chi connectivity index (χ3n) is 2.53. The summed E-state index contributed by atoms with van der Waals surface area (Å²) in [7, 11) is -1.94. The van der Waals surface area contributed by atoms with Crippen molar-refractivity contribution < 1.29 is 13.2 Å². The molecule has 0 amide bonds. The fourth-order valence-corrected chi connectivity index (χ4v) is 3.30. The summed E-state index contributed by atoms with van der Waals surface area (Å²) in [5, 5.41) is -0.552. The second-order valence-corrected chi connectivity index (χ2v) is 5.66. The Labute approximate surface area is 96.3 Å². The van der Waals surface area contributed by atoms with Gasteiger partial charge in [-0.15, -0.1) is 0 Å². The molecule has 90 valence electrons. The van der Waals surface area contributed by atoms with E-state index in [0.29, 0.717) is 12.2 Å². The largest absolute Gasteiger partial charge is 0.495 e. The van der Waals surface area contributed by atoms with Gasteiger partial charge in [-0.3, -0.25) is 0 Å². The van der Waals surface area contributed by atoms with Crippen LogP contribution in [0.5, 0.6) is 5.75 Å². The number of methoxy groups -OCH3 is 1. The van der Waals surface area contributed by atoms with Crippen LogP contribution < -0.4 is 10.5 Å². The van der Waals surface area contributed by atoms with Crippen LogP contribution in [-0.2, 0) is 9.84 Å². The maximum Gasteiger partial charge on any atom is 0.186 e. The Morgan fingerprint density at radius 3 is 2.50 bits per heavy atom. The Morgan fingerprint density at radius 2 is 2.00 bits per heavy atom. The molecule has 0 heterocycles. The van der Waals surface area contributed by atoms with Crippen LogP contribution in [0.4, 0.5) is 0 Å². The molecule has 5 heteroatoms. The fourth-order valence-electron chi connectivity index (χ4n) is 1.55. The van der Waals surface area contributed by atoms with Crippen molar-refractivity contribution in [3.63, 3.8) is 0 Å². The molecule has 0 aliphatic rings. The summed E-state index contributed by atoms with van der Waals surface area (Å²) in [5.41, 5.74) is 5.48. The van der Waals surface area contributed by atoms with Crippen LogP contribution >= 0.6 is 0 Å². The van der Waals surface area contributed by atoms with Crippen molar-refractivity contribution >= 4 is 9.84 Å². The van der Waals surface area contributed by atoms with Crippen molar-refractivity contribution in [2.75, 3.05) is 13.7 Å². The lowest BCUT2D eigenvalue weighted by atomic mass is 10.3. The zero-order chi connectivity index (χ0) is 12.2. The maximum atomic E-state index is 12.2. The van der Waals surface area contributed by atoms with Gasteiger partial charge < -0.3 is 10.5 Å². The molecule has 4 nitrogen and oxygen atoms in total. The number of benzene rings is 1. The van der Waals surface area contributed by atoms with Crippen molar-refractivity contribution in [2.24, 2.45) is 5.73 Å². The maximum absolute atomic E-state index is 12.2. The molecule has 0 saturated heterocycles. The lowest BCUT2D eigenvalue weighted by Crippen LogP contribution is -2.29. The van der Waals surface area contributed by atoms with Gasteiger partial charge in [-0.2, -0.15) is 0 Å². The van der Waals surface area contributed by atoms with E-state index in [2.05, 4.69) is 0 Å². The van der Waals surface area contributed by atoms with Crippen LogP contribution in [0.3, 0.4) is 0 Å². The van der Waals surface area contributed by atoms with Gasteiger partial charge >= 0.3 is 0 Å². The molecule has 2 N–H and O–H groups in total. The highest BCUT2D eigenvalue weighted by atomic mass is 32.2. The van der Waals surface area contributed by atoms with E-state index in [0.717, 1.165) is 0 Å². The summed E-state index contributed by atoms with van der Waals surface area (Å²) in [6.07, 6.45) is 0.497. The second-order valence-electron chi connectivity index (χ2n) is 3.46. The number of rotatable bonds is 5. The molecule has 0 saturated carbocycles. The number of nitrogens with two attached hydrogens (primary N) is 1. The van der Waals surface area contributed by atoms with E-state index in [-0.39, 0.29) is 11.4 Å². The molecule has 0 aliphatic carbocycles. The molecule has 0 spiro atoms. The minimum Gasteiger partial charge on any atom is -0.495 e. The molecule has 0 aromatic heterocycles. The third kappa shape index (κ3) is 2.36. The summed E-state index contributed by atoms with van der Waals surface area (Å²) < 4.78 is 29.5. The van der Waals surface area contributed by atoms with E-state index in [1.54, 1.807) is 24.3 Å². The first-order valence-corrected chi connectivity index (χ1v) is 6.69. The number of ether oxygens (including phenoxy) is 1. The lowest BCUT2D eigenvalue weighted by Gasteiger charge is -2.15. The first-order chi connectivity index (χ1) is 7.57. The van der Waals surface area contributed by atoms with Gasteiger partial charge in [0.15, 0.2) is 9.84 Å². The van der Waals surface area contributed by atoms with Crippen molar-refractivity contribution in [1.82, 2.24) is 0 Å². The lowest BCUT2D eigenvalue weighted by molar-refractivity contribution is 0.402. The van der Waals surface area contributed by atoms with Crippen molar-refractivity contribution in [2.45, 2.75) is 23.5 Å². The van der Waals surface area contributed by atoms with E-state index in [1.165, 1.54) is 7.11 Å². The summed E-state index contributed by atoms with van der Waals surface area (Å²) >= 11 is 0.